The minimum atomic E-state index is 0.115. The van der Waals surface area contributed by atoms with Crippen LogP contribution in [0.15, 0.2) is 48.5 Å². The van der Waals surface area contributed by atoms with E-state index in [1.165, 1.54) is 0 Å². The second-order valence-electron chi connectivity index (χ2n) is 4.52. The van der Waals surface area contributed by atoms with Crippen LogP contribution in [0.4, 0.5) is 11.4 Å². The molecule has 0 aromatic heterocycles. The zero-order chi connectivity index (χ0) is 14.5. The molecule has 2 aromatic rings. The van der Waals surface area contributed by atoms with Crippen LogP contribution >= 0.6 is 0 Å². The van der Waals surface area contributed by atoms with E-state index in [2.05, 4.69) is 6.07 Å². The first-order chi connectivity index (χ1) is 9.67. The van der Waals surface area contributed by atoms with Crippen LogP contribution in [0.2, 0.25) is 0 Å². The summed E-state index contributed by atoms with van der Waals surface area (Å²) in [6.45, 7) is 1.86. The average molecular weight is 264 g/mol. The summed E-state index contributed by atoms with van der Waals surface area (Å²) in [5.74, 6) is 0.115. The van der Waals surface area contributed by atoms with E-state index in [0.29, 0.717) is 17.5 Å². The molecule has 0 heterocycles. The normalized spacial score (nSPS) is 9.85. The van der Waals surface area contributed by atoms with Crippen molar-refractivity contribution in [3.63, 3.8) is 0 Å². The fourth-order valence-corrected chi connectivity index (χ4v) is 2.12. The zero-order valence-corrected chi connectivity index (χ0v) is 11.6. The fraction of sp³-hybridized carbons (Fsp3) is 0.176. The molecule has 0 amide bonds. The van der Waals surface area contributed by atoms with Gasteiger partial charge in [0.15, 0.2) is 5.78 Å². The van der Waals surface area contributed by atoms with Crippen LogP contribution in [0.5, 0.6) is 0 Å². The van der Waals surface area contributed by atoms with E-state index in [1.807, 2.05) is 61.3 Å². The van der Waals surface area contributed by atoms with Crippen LogP contribution in [0.3, 0.4) is 0 Å². The Morgan fingerprint density at radius 1 is 1.20 bits per heavy atom. The highest BCUT2D eigenvalue weighted by Crippen LogP contribution is 2.28. The van der Waals surface area contributed by atoms with Gasteiger partial charge < -0.3 is 4.90 Å². The van der Waals surface area contributed by atoms with Crippen molar-refractivity contribution in [3.05, 3.63) is 59.7 Å². The number of hydrogen-bond donors (Lipinski definition) is 0. The smallest absolute Gasteiger partial charge is 0.164 e. The van der Waals surface area contributed by atoms with Gasteiger partial charge >= 0.3 is 0 Å². The fourth-order valence-electron chi connectivity index (χ4n) is 2.12. The van der Waals surface area contributed by atoms with Crippen molar-refractivity contribution in [2.75, 3.05) is 11.9 Å². The van der Waals surface area contributed by atoms with Crippen LogP contribution in [-0.2, 0) is 0 Å². The van der Waals surface area contributed by atoms with Crippen molar-refractivity contribution < 1.29 is 4.79 Å². The molecule has 0 radical (unpaired) electrons. The Hall–Kier alpha value is -2.60. The Labute approximate surface area is 119 Å². The molecule has 0 aliphatic heterocycles. The second-order valence-corrected chi connectivity index (χ2v) is 4.52. The van der Waals surface area contributed by atoms with Crippen LogP contribution in [-0.4, -0.2) is 12.8 Å². The molecule has 2 aromatic carbocycles. The lowest BCUT2D eigenvalue weighted by molar-refractivity contribution is 0.0989. The van der Waals surface area contributed by atoms with E-state index in [1.54, 1.807) is 6.07 Å². The standard InChI is InChI=1S/C17H16N2O/c1-3-17(20)15-9-4-5-10-16(15)19(2)14-8-6-7-13(11-14)12-18/h4-11H,3H2,1-2H3. The van der Waals surface area contributed by atoms with Gasteiger partial charge in [-0.3, -0.25) is 4.79 Å². The summed E-state index contributed by atoms with van der Waals surface area (Å²) in [5.41, 5.74) is 3.06. The summed E-state index contributed by atoms with van der Waals surface area (Å²) in [4.78, 5) is 13.9. The van der Waals surface area contributed by atoms with Crippen molar-refractivity contribution in [2.45, 2.75) is 13.3 Å². The molecule has 0 bridgehead atoms. The number of nitriles is 1. The molecule has 0 fully saturated rings. The van der Waals surface area contributed by atoms with E-state index in [9.17, 15) is 4.79 Å². The van der Waals surface area contributed by atoms with E-state index >= 15 is 0 Å². The van der Waals surface area contributed by atoms with Crippen molar-refractivity contribution in [1.29, 1.82) is 5.26 Å². The molecule has 0 aliphatic carbocycles. The Bertz CT molecular complexity index is 671. The summed E-state index contributed by atoms with van der Waals surface area (Å²) < 4.78 is 0. The van der Waals surface area contributed by atoms with Gasteiger partial charge in [-0.15, -0.1) is 0 Å². The van der Waals surface area contributed by atoms with Gasteiger partial charge in [0.1, 0.15) is 0 Å². The summed E-state index contributed by atoms with van der Waals surface area (Å²) in [7, 11) is 1.90. The molecule has 2 rings (SSSR count). The number of carbonyl (C=O) groups excluding carboxylic acids is 1. The lowest BCUT2D eigenvalue weighted by Crippen LogP contribution is -2.14. The van der Waals surface area contributed by atoms with Crippen LogP contribution < -0.4 is 4.90 Å². The molecule has 0 aliphatic rings. The summed E-state index contributed by atoms with van der Waals surface area (Å²) in [6, 6.07) is 17.0. The molecule has 0 spiro atoms. The third-order valence-corrected chi connectivity index (χ3v) is 3.25. The van der Waals surface area contributed by atoms with Gasteiger partial charge in [-0.05, 0) is 30.3 Å². The molecule has 3 heteroatoms. The predicted molar refractivity (Wildman–Crippen MR) is 80.3 cm³/mol. The predicted octanol–water partition coefficient (Wildman–Crippen LogP) is 3.92. The number of rotatable bonds is 4. The summed E-state index contributed by atoms with van der Waals surface area (Å²) in [5, 5.41) is 8.97. The molecule has 3 nitrogen and oxygen atoms in total. The highest BCUT2D eigenvalue weighted by atomic mass is 16.1. The van der Waals surface area contributed by atoms with Crippen molar-refractivity contribution in [3.8, 4) is 6.07 Å². The number of nitrogens with zero attached hydrogens (tertiary/aromatic N) is 2. The largest absolute Gasteiger partial charge is 0.344 e. The average Bonchev–Trinajstić information content (AvgIpc) is 2.53. The number of anilines is 2. The van der Waals surface area contributed by atoms with Gasteiger partial charge in [-0.1, -0.05) is 25.1 Å². The molecule has 0 atom stereocenters. The Balaban J connectivity index is 2.45. The Kier molecular flexibility index (Phi) is 4.17. The molecular formula is C17H16N2O. The Morgan fingerprint density at radius 3 is 2.65 bits per heavy atom. The molecule has 0 N–H and O–H groups in total. The van der Waals surface area contributed by atoms with Crippen LogP contribution in [0.25, 0.3) is 0 Å². The maximum absolute atomic E-state index is 12.0. The number of para-hydroxylation sites is 1. The van der Waals surface area contributed by atoms with E-state index < -0.39 is 0 Å². The quantitative estimate of drug-likeness (QED) is 0.786. The number of hydrogen-bond acceptors (Lipinski definition) is 3. The first-order valence-corrected chi connectivity index (χ1v) is 6.53. The number of carbonyl (C=O) groups is 1. The molecule has 20 heavy (non-hydrogen) atoms. The molecule has 0 saturated carbocycles. The SMILES string of the molecule is CCC(=O)c1ccccc1N(C)c1cccc(C#N)c1. The zero-order valence-electron chi connectivity index (χ0n) is 11.6. The third kappa shape index (κ3) is 2.70. The molecule has 0 unspecified atom stereocenters. The van der Waals surface area contributed by atoms with Gasteiger partial charge in [0.25, 0.3) is 0 Å². The molecule has 100 valence electrons. The van der Waals surface area contributed by atoms with Crippen LogP contribution in [0, 0.1) is 11.3 Å². The van der Waals surface area contributed by atoms with E-state index in [4.69, 9.17) is 5.26 Å². The molecular weight excluding hydrogens is 248 g/mol. The number of benzene rings is 2. The van der Waals surface area contributed by atoms with Crippen molar-refractivity contribution >= 4 is 17.2 Å². The first kappa shape index (κ1) is 13.8. The minimum Gasteiger partial charge on any atom is -0.344 e. The monoisotopic (exact) mass is 264 g/mol. The third-order valence-electron chi connectivity index (χ3n) is 3.25. The lowest BCUT2D eigenvalue weighted by atomic mass is 10.1. The van der Waals surface area contributed by atoms with Crippen LogP contribution in [0.1, 0.15) is 29.3 Å². The van der Waals surface area contributed by atoms with E-state index in [-0.39, 0.29) is 5.78 Å². The first-order valence-electron chi connectivity index (χ1n) is 6.53. The second kappa shape index (κ2) is 6.03. The minimum absolute atomic E-state index is 0.115. The highest BCUT2D eigenvalue weighted by Gasteiger charge is 2.13. The van der Waals surface area contributed by atoms with Gasteiger partial charge in [-0.2, -0.15) is 5.26 Å². The van der Waals surface area contributed by atoms with Gasteiger partial charge in [0.2, 0.25) is 0 Å². The van der Waals surface area contributed by atoms with E-state index in [0.717, 1.165) is 11.4 Å². The molecule has 0 saturated heterocycles. The Morgan fingerprint density at radius 2 is 1.95 bits per heavy atom. The number of Topliss-reactive ketones (excluding diaryl/α,β-unsaturated/α-hetero) is 1. The van der Waals surface area contributed by atoms with Crippen molar-refractivity contribution in [1.82, 2.24) is 0 Å². The maximum Gasteiger partial charge on any atom is 0.164 e. The topological polar surface area (TPSA) is 44.1 Å². The number of ketones is 1. The van der Waals surface area contributed by atoms with Crippen molar-refractivity contribution in [2.24, 2.45) is 0 Å². The summed E-state index contributed by atoms with van der Waals surface area (Å²) >= 11 is 0. The maximum atomic E-state index is 12.0. The van der Waals surface area contributed by atoms with Gasteiger partial charge in [0, 0.05) is 24.7 Å². The van der Waals surface area contributed by atoms with Gasteiger partial charge in [-0.25, -0.2) is 0 Å². The van der Waals surface area contributed by atoms with Gasteiger partial charge in [0.05, 0.1) is 17.3 Å². The highest BCUT2D eigenvalue weighted by molar-refractivity contribution is 6.01. The summed E-state index contributed by atoms with van der Waals surface area (Å²) in [6.07, 6.45) is 0.475. The lowest BCUT2D eigenvalue weighted by Gasteiger charge is -2.22.